The third kappa shape index (κ3) is 3.88. The Labute approximate surface area is 151 Å². The molecule has 24 heavy (non-hydrogen) atoms. The first kappa shape index (κ1) is 19.5. The first-order chi connectivity index (χ1) is 10.8. The van der Waals surface area contributed by atoms with E-state index in [0.29, 0.717) is 5.56 Å². The van der Waals surface area contributed by atoms with Crippen LogP contribution in [-0.2, 0) is 9.16 Å². The molecule has 0 aromatic heterocycles. The lowest BCUT2D eigenvalue weighted by Gasteiger charge is -2.63. The Hall–Kier alpha value is -0.803. The van der Waals surface area contributed by atoms with Gasteiger partial charge in [-0.05, 0) is 51.2 Å². The number of ether oxygens (including phenoxy) is 1. The van der Waals surface area contributed by atoms with Crippen LogP contribution in [0.4, 0.5) is 0 Å². The van der Waals surface area contributed by atoms with Crippen LogP contribution in [0.1, 0.15) is 51.8 Å². The summed E-state index contributed by atoms with van der Waals surface area (Å²) in [4.78, 5) is -0.427. The number of thioether (sulfide) groups is 1. The lowest BCUT2D eigenvalue weighted by atomic mass is 9.84. The van der Waals surface area contributed by atoms with E-state index in [-0.39, 0.29) is 16.5 Å². The fraction of sp³-hybridized carbons (Fsp3) is 0.632. The first-order valence-corrected chi connectivity index (χ1v) is 12.6. The highest BCUT2D eigenvalue weighted by molar-refractivity contribution is 8.02. The molecule has 1 aromatic rings. The van der Waals surface area contributed by atoms with Gasteiger partial charge in [-0.15, -0.1) is 11.8 Å². The van der Waals surface area contributed by atoms with Gasteiger partial charge in [-0.2, -0.15) is 5.26 Å². The lowest BCUT2D eigenvalue weighted by Crippen LogP contribution is -2.69. The van der Waals surface area contributed by atoms with Crippen molar-refractivity contribution < 1.29 is 9.16 Å². The first-order valence-electron chi connectivity index (χ1n) is 8.38. The van der Waals surface area contributed by atoms with Gasteiger partial charge in [-0.1, -0.05) is 32.9 Å². The predicted molar refractivity (Wildman–Crippen MR) is 104 cm³/mol. The zero-order valence-corrected chi connectivity index (χ0v) is 17.9. The molecule has 2 rings (SSSR count). The number of nitrogens with zero attached hydrogens (tertiary/aromatic N) is 1. The van der Waals surface area contributed by atoms with Crippen LogP contribution >= 0.6 is 11.8 Å². The Kier molecular flexibility index (Phi) is 5.02. The molecule has 2 atom stereocenters. The summed E-state index contributed by atoms with van der Waals surface area (Å²) >= 11 is 1.86. The minimum atomic E-state index is -1.80. The quantitative estimate of drug-likeness (QED) is 0.524. The van der Waals surface area contributed by atoms with Crippen LogP contribution < -0.4 is 0 Å². The van der Waals surface area contributed by atoms with Crippen molar-refractivity contribution in [3.8, 4) is 6.07 Å². The number of hydrogen-bond acceptors (Lipinski definition) is 4. The van der Waals surface area contributed by atoms with Gasteiger partial charge in [0.15, 0.2) is 13.3 Å². The van der Waals surface area contributed by atoms with E-state index in [0.717, 1.165) is 5.56 Å². The molecule has 0 saturated carbocycles. The van der Waals surface area contributed by atoms with Crippen LogP contribution in [0.2, 0.25) is 19.6 Å². The molecule has 0 aliphatic carbocycles. The molecule has 0 amide bonds. The molecule has 1 saturated heterocycles. The van der Waals surface area contributed by atoms with Crippen molar-refractivity contribution in [3.63, 3.8) is 0 Å². The monoisotopic (exact) mass is 363 g/mol. The largest absolute Gasteiger partial charge is 0.399 e. The second-order valence-corrected chi connectivity index (χ2v) is 15.3. The van der Waals surface area contributed by atoms with E-state index in [1.54, 1.807) is 0 Å². The van der Waals surface area contributed by atoms with Crippen molar-refractivity contribution in [2.24, 2.45) is 0 Å². The van der Waals surface area contributed by atoms with E-state index in [9.17, 15) is 0 Å². The molecule has 1 aromatic carbocycles. The summed E-state index contributed by atoms with van der Waals surface area (Å²) in [5.41, 5.74) is 1.37. The maximum absolute atomic E-state index is 9.03. The van der Waals surface area contributed by atoms with Crippen LogP contribution in [-0.4, -0.2) is 23.6 Å². The average molecular weight is 364 g/mol. The summed E-state index contributed by atoms with van der Waals surface area (Å²) in [5, 5.41) is 9.03. The maximum Gasteiger partial charge on any atom is 0.185 e. The third-order valence-electron chi connectivity index (χ3n) is 3.85. The second-order valence-electron chi connectivity index (χ2n) is 8.84. The molecule has 3 nitrogen and oxygen atoms in total. The average Bonchev–Trinajstić information content (AvgIpc) is 2.41. The SMILES string of the molecule is CC(C)(C)S[C@]1(O[Si](C)(C)C)[C@@H](c2ccc(C#N)cc2)OC1(C)C. The highest BCUT2D eigenvalue weighted by Crippen LogP contribution is 2.63. The molecular formula is C19H29NO2SSi. The zero-order valence-electron chi connectivity index (χ0n) is 16.1. The molecule has 1 aliphatic heterocycles. The van der Waals surface area contributed by atoms with E-state index >= 15 is 0 Å². The van der Waals surface area contributed by atoms with Crippen molar-refractivity contribution in [2.75, 3.05) is 0 Å². The van der Waals surface area contributed by atoms with Crippen molar-refractivity contribution >= 4 is 20.1 Å². The second kappa shape index (κ2) is 6.17. The summed E-state index contributed by atoms with van der Waals surface area (Å²) in [7, 11) is -1.80. The highest BCUT2D eigenvalue weighted by Gasteiger charge is 2.66. The molecule has 0 radical (unpaired) electrons. The molecule has 1 fully saturated rings. The van der Waals surface area contributed by atoms with E-state index in [2.05, 4.69) is 60.3 Å². The van der Waals surface area contributed by atoms with Gasteiger partial charge < -0.3 is 9.16 Å². The summed E-state index contributed by atoms with van der Waals surface area (Å²) in [6.45, 7) is 17.6. The van der Waals surface area contributed by atoms with Gasteiger partial charge in [-0.3, -0.25) is 0 Å². The van der Waals surface area contributed by atoms with E-state index < -0.39 is 13.3 Å². The van der Waals surface area contributed by atoms with Crippen molar-refractivity contribution in [3.05, 3.63) is 35.4 Å². The molecular weight excluding hydrogens is 334 g/mol. The fourth-order valence-electron chi connectivity index (χ4n) is 3.02. The molecule has 1 aliphatic rings. The van der Waals surface area contributed by atoms with Crippen molar-refractivity contribution in [1.29, 1.82) is 5.26 Å². The molecule has 5 heteroatoms. The van der Waals surface area contributed by atoms with Crippen molar-refractivity contribution in [1.82, 2.24) is 0 Å². The number of benzene rings is 1. The minimum absolute atomic E-state index is 0.0472. The predicted octanol–water partition coefficient (Wildman–Crippen LogP) is 5.49. The van der Waals surface area contributed by atoms with E-state index in [4.69, 9.17) is 14.4 Å². The normalized spacial score (nSPS) is 26.5. The van der Waals surface area contributed by atoms with Crippen LogP contribution in [0.25, 0.3) is 0 Å². The Bertz CT molecular complexity index is 619. The fourth-order valence-corrected chi connectivity index (χ4v) is 6.69. The van der Waals surface area contributed by atoms with Crippen molar-refractivity contribution in [2.45, 2.75) is 75.6 Å². The zero-order chi connectivity index (χ0) is 18.4. The summed E-state index contributed by atoms with van der Waals surface area (Å²) in [6, 6.07) is 9.86. The smallest absolute Gasteiger partial charge is 0.185 e. The topological polar surface area (TPSA) is 42.2 Å². The number of rotatable bonds is 4. The van der Waals surface area contributed by atoms with Gasteiger partial charge in [0.1, 0.15) is 11.7 Å². The third-order valence-corrected chi connectivity index (χ3v) is 6.64. The van der Waals surface area contributed by atoms with Crippen LogP contribution in [0, 0.1) is 11.3 Å². The highest BCUT2D eigenvalue weighted by atomic mass is 32.2. The molecule has 0 N–H and O–H groups in total. The Balaban J connectivity index is 2.47. The summed E-state index contributed by atoms with van der Waals surface area (Å²) in [5.74, 6) is 0. The van der Waals surface area contributed by atoms with Crippen LogP contribution in [0.5, 0.6) is 0 Å². The van der Waals surface area contributed by atoms with E-state index in [1.807, 2.05) is 36.0 Å². The molecule has 0 spiro atoms. The van der Waals surface area contributed by atoms with Gasteiger partial charge in [0, 0.05) is 4.75 Å². The van der Waals surface area contributed by atoms with Gasteiger partial charge in [0.2, 0.25) is 0 Å². The summed E-state index contributed by atoms with van der Waals surface area (Å²) in [6.07, 6.45) is -0.129. The van der Waals surface area contributed by atoms with Gasteiger partial charge in [0.25, 0.3) is 0 Å². The van der Waals surface area contributed by atoms with Gasteiger partial charge in [-0.25, -0.2) is 0 Å². The Morgan fingerprint density at radius 2 is 1.71 bits per heavy atom. The number of hydrogen-bond donors (Lipinski definition) is 0. The van der Waals surface area contributed by atoms with Crippen LogP contribution in [0.3, 0.4) is 0 Å². The number of nitriles is 1. The molecule has 0 bridgehead atoms. The lowest BCUT2D eigenvalue weighted by molar-refractivity contribution is -0.290. The Morgan fingerprint density at radius 3 is 2.08 bits per heavy atom. The molecule has 132 valence electrons. The molecule has 0 unspecified atom stereocenters. The maximum atomic E-state index is 9.03. The summed E-state index contributed by atoms with van der Waals surface area (Å²) < 4.78 is 13.1. The van der Waals surface area contributed by atoms with Gasteiger partial charge >= 0.3 is 0 Å². The van der Waals surface area contributed by atoms with E-state index in [1.165, 1.54) is 0 Å². The van der Waals surface area contributed by atoms with Gasteiger partial charge in [0.05, 0.1) is 11.6 Å². The van der Waals surface area contributed by atoms with Crippen LogP contribution in [0.15, 0.2) is 24.3 Å². The Morgan fingerprint density at radius 1 is 1.17 bits per heavy atom. The standard InChI is InChI=1S/C19H29NO2SSi/c1-17(2,3)23-19(22-24(6,7)8)16(21-18(19,4)5)15-11-9-14(13-20)10-12-15/h9-12,16H,1-8H3/t16-,19-/m1/s1. The molecule has 1 heterocycles. The minimum Gasteiger partial charge on any atom is -0.399 e.